The van der Waals surface area contributed by atoms with Crippen molar-refractivity contribution in [3.05, 3.63) is 81.6 Å². The van der Waals surface area contributed by atoms with Gasteiger partial charge in [0.1, 0.15) is 11.5 Å². The second-order valence-electron chi connectivity index (χ2n) is 7.45. The average Bonchev–Trinajstić information content (AvgIpc) is 3.11. The molecule has 0 aliphatic heterocycles. The first-order valence-corrected chi connectivity index (χ1v) is 12.3. The van der Waals surface area contributed by atoms with E-state index in [1.165, 1.54) is 36.4 Å². The number of halogens is 6. The normalized spacial score (nSPS) is 12.2. The fourth-order valence-corrected chi connectivity index (χ4v) is 4.37. The minimum atomic E-state index is -4.68. The largest absolute Gasteiger partial charge is 0.417 e. The van der Waals surface area contributed by atoms with Crippen LogP contribution in [0.1, 0.15) is 15.9 Å². The lowest BCUT2D eigenvalue weighted by Gasteiger charge is -2.11. The van der Waals surface area contributed by atoms with Crippen molar-refractivity contribution in [1.82, 2.24) is 14.5 Å². The smallest absolute Gasteiger partial charge is 0.268 e. The van der Waals surface area contributed by atoms with E-state index in [-0.39, 0.29) is 37.9 Å². The van der Waals surface area contributed by atoms with E-state index < -0.39 is 39.1 Å². The molecule has 0 unspecified atom stereocenters. The Balaban J connectivity index is 1.95. The van der Waals surface area contributed by atoms with Crippen molar-refractivity contribution in [1.29, 1.82) is 0 Å². The van der Waals surface area contributed by atoms with Crippen molar-refractivity contribution in [3.8, 4) is 16.9 Å². The maximum atomic E-state index is 14.8. The number of carbonyl (C=O) groups is 1. The summed E-state index contributed by atoms with van der Waals surface area (Å²) in [6.07, 6.45) is -3.95. The number of fused-ring (bicyclic) bond motifs is 1. The van der Waals surface area contributed by atoms with E-state index in [2.05, 4.69) is 5.10 Å². The molecular formula is C22H13Cl2F4N3O3S. The number of nitrogens with zero attached hydrogens (tertiary/aromatic N) is 2. The second-order valence-corrected chi connectivity index (χ2v) is 10.0. The lowest BCUT2D eigenvalue weighted by Crippen LogP contribution is -2.30. The molecule has 3 aromatic carbocycles. The number of alkyl halides is 3. The number of hydrogen-bond acceptors (Lipinski definition) is 4. The van der Waals surface area contributed by atoms with Crippen LogP contribution in [0, 0.1) is 5.82 Å². The van der Waals surface area contributed by atoms with Crippen LogP contribution in [-0.2, 0) is 16.2 Å². The van der Waals surface area contributed by atoms with Gasteiger partial charge in [0.05, 0.1) is 33.6 Å². The Morgan fingerprint density at radius 1 is 1.06 bits per heavy atom. The zero-order chi connectivity index (χ0) is 25.7. The van der Waals surface area contributed by atoms with Crippen LogP contribution in [0.4, 0.5) is 17.6 Å². The van der Waals surface area contributed by atoms with Crippen molar-refractivity contribution in [2.24, 2.45) is 0 Å². The van der Waals surface area contributed by atoms with Crippen LogP contribution in [0.25, 0.3) is 27.8 Å². The Morgan fingerprint density at radius 2 is 1.74 bits per heavy atom. The number of rotatable bonds is 4. The van der Waals surface area contributed by atoms with Gasteiger partial charge in [-0.05, 0) is 30.3 Å². The standard InChI is InChI=1S/C22H13Cl2F4N3O3S/c1-35(33,34)30-21(32)13-9-16(24)19(10-17(13)25)31-18-7-6-11(23)8-14(18)20(29-31)12-4-2-3-5-15(12)22(26,27)28/h2-10H,1H3,(H,30,32). The second kappa shape index (κ2) is 8.81. The third kappa shape index (κ3) is 4.97. The highest BCUT2D eigenvalue weighted by molar-refractivity contribution is 7.89. The Morgan fingerprint density at radius 3 is 2.40 bits per heavy atom. The number of carbonyl (C=O) groups excluding carboxylic acids is 1. The Bertz CT molecular complexity index is 1600. The van der Waals surface area contributed by atoms with Gasteiger partial charge in [-0.1, -0.05) is 41.4 Å². The van der Waals surface area contributed by atoms with Gasteiger partial charge in [0.2, 0.25) is 10.0 Å². The van der Waals surface area contributed by atoms with Gasteiger partial charge < -0.3 is 0 Å². The van der Waals surface area contributed by atoms with Crippen LogP contribution in [-0.4, -0.2) is 30.4 Å². The monoisotopic (exact) mass is 545 g/mol. The summed E-state index contributed by atoms with van der Waals surface area (Å²) >= 11 is 12.4. The molecule has 0 aliphatic rings. The van der Waals surface area contributed by atoms with Crippen LogP contribution >= 0.6 is 23.2 Å². The van der Waals surface area contributed by atoms with Gasteiger partial charge in [0.15, 0.2) is 0 Å². The van der Waals surface area contributed by atoms with Crippen molar-refractivity contribution < 1.29 is 30.8 Å². The van der Waals surface area contributed by atoms with Crippen molar-refractivity contribution >= 4 is 50.0 Å². The molecule has 1 amide bonds. The molecule has 4 aromatic rings. The molecule has 4 rings (SSSR count). The molecule has 182 valence electrons. The molecule has 35 heavy (non-hydrogen) atoms. The highest BCUT2D eigenvalue weighted by Crippen LogP contribution is 2.40. The van der Waals surface area contributed by atoms with Crippen LogP contribution in [0.2, 0.25) is 10.0 Å². The van der Waals surface area contributed by atoms with Crippen LogP contribution < -0.4 is 4.72 Å². The summed E-state index contributed by atoms with van der Waals surface area (Å²) in [6.45, 7) is 0. The van der Waals surface area contributed by atoms with E-state index in [0.29, 0.717) is 0 Å². The predicted octanol–water partition coefficient (Wildman–Crippen LogP) is 5.85. The molecule has 0 bridgehead atoms. The van der Waals surface area contributed by atoms with E-state index in [9.17, 15) is 30.8 Å². The molecule has 6 nitrogen and oxygen atoms in total. The molecule has 0 fully saturated rings. The summed E-state index contributed by atoms with van der Waals surface area (Å²) in [5, 5.41) is 4.55. The van der Waals surface area contributed by atoms with Gasteiger partial charge in [-0.3, -0.25) is 4.79 Å². The summed E-state index contributed by atoms with van der Waals surface area (Å²) in [7, 11) is -3.97. The van der Waals surface area contributed by atoms with E-state index in [1.54, 1.807) is 4.72 Å². The van der Waals surface area contributed by atoms with Crippen LogP contribution in [0.15, 0.2) is 54.6 Å². The number of amides is 1. The van der Waals surface area contributed by atoms with Gasteiger partial charge in [0, 0.05) is 22.0 Å². The van der Waals surface area contributed by atoms with Gasteiger partial charge >= 0.3 is 6.18 Å². The highest BCUT2D eigenvalue weighted by atomic mass is 35.5. The van der Waals surface area contributed by atoms with Crippen molar-refractivity contribution in [2.45, 2.75) is 6.18 Å². The van der Waals surface area contributed by atoms with E-state index >= 15 is 0 Å². The summed E-state index contributed by atoms with van der Waals surface area (Å²) < 4.78 is 81.3. The molecule has 0 spiro atoms. The molecule has 0 saturated carbocycles. The first-order chi connectivity index (χ1) is 16.3. The third-order valence-electron chi connectivity index (χ3n) is 4.92. The maximum Gasteiger partial charge on any atom is 0.417 e. The molecule has 0 atom stereocenters. The van der Waals surface area contributed by atoms with E-state index in [0.717, 1.165) is 29.1 Å². The van der Waals surface area contributed by atoms with Gasteiger partial charge in [-0.25, -0.2) is 22.2 Å². The molecule has 0 saturated heterocycles. The first-order valence-electron chi connectivity index (χ1n) is 9.62. The third-order valence-corrected chi connectivity index (χ3v) is 6.01. The van der Waals surface area contributed by atoms with Gasteiger partial charge in [-0.2, -0.15) is 18.3 Å². The number of benzene rings is 3. The predicted molar refractivity (Wildman–Crippen MR) is 124 cm³/mol. The summed E-state index contributed by atoms with van der Waals surface area (Å²) in [5.41, 5.74) is -1.72. The summed E-state index contributed by atoms with van der Waals surface area (Å²) in [4.78, 5) is 12.1. The lowest BCUT2D eigenvalue weighted by molar-refractivity contribution is -0.137. The van der Waals surface area contributed by atoms with Gasteiger partial charge in [-0.15, -0.1) is 0 Å². The minimum Gasteiger partial charge on any atom is -0.268 e. The molecule has 1 N–H and O–H groups in total. The molecular weight excluding hydrogens is 533 g/mol. The Kier molecular flexibility index (Phi) is 6.28. The minimum absolute atomic E-state index is 0.0780. The zero-order valence-corrected chi connectivity index (χ0v) is 19.8. The molecule has 1 aromatic heterocycles. The number of hydrogen-bond donors (Lipinski definition) is 1. The fourth-order valence-electron chi connectivity index (χ4n) is 3.51. The molecule has 1 heterocycles. The van der Waals surface area contributed by atoms with Crippen LogP contribution in [0.3, 0.4) is 0 Å². The fraction of sp³-hybridized carbons (Fsp3) is 0.0909. The first kappa shape index (κ1) is 25.0. The van der Waals surface area contributed by atoms with Crippen LogP contribution in [0.5, 0.6) is 0 Å². The topological polar surface area (TPSA) is 81.1 Å². The Labute approximate surface area is 206 Å². The number of sulfonamides is 1. The molecule has 13 heteroatoms. The molecule has 0 radical (unpaired) electrons. The highest BCUT2D eigenvalue weighted by Gasteiger charge is 2.34. The van der Waals surface area contributed by atoms with E-state index in [4.69, 9.17) is 23.2 Å². The molecule has 0 aliphatic carbocycles. The van der Waals surface area contributed by atoms with Crippen molar-refractivity contribution in [3.63, 3.8) is 0 Å². The van der Waals surface area contributed by atoms with Gasteiger partial charge in [0.25, 0.3) is 5.91 Å². The summed E-state index contributed by atoms with van der Waals surface area (Å²) in [6, 6.07) is 10.9. The number of nitrogens with one attached hydrogen (secondary N) is 1. The summed E-state index contributed by atoms with van der Waals surface area (Å²) in [5.74, 6) is -2.37. The van der Waals surface area contributed by atoms with E-state index in [1.807, 2.05) is 0 Å². The lowest BCUT2D eigenvalue weighted by atomic mass is 10.0. The SMILES string of the molecule is CS(=O)(=O)NC(=O)c1cc(Cl)c(-n2nc(-c3ccccc3C(F)(F)F)c3cc(Cl)ccc32)cc1F. The maximum absolute atomic E-state index is 14.8. The van der Waals surface area contributed by atoms with Crippen molar-refractivity contribution in [2.75, 3.05) is 6.26 Å². The Hall–Kier alpha value is -3.15. The number of aromatic nitrogens is 2. The zero-order valence-electron chi connectivity index (χ0n) is 17.5. The average molecular weight is 546 g/mol. The quantitative estimate of drug-likeness (QED) is 0.326.